The van der Waals surface area contributed by atoms with Gasteiger partial charge in [-0.25, -0.2) is 9.97 Å². The molecule has 20 heteroatoms. The lowest BCUT2D eigenvalue weighted by molar-refractivity contribution is -0.144. The Morgan fingerprint density at radius 1 is 0.231 bits per heavy atom. The molecule has 2 aliphatic heterocycles. The first kappa shape index (κ1) is 87.0. The molecule has 0 unspecified atom stereocenters. The van der Waals surface area contributed by atoms with Crippen molar-refractivity contribution >= 4 is 92.1 Å². The molecular formula is C84H126N4O16. The van der Waals surface area contributed by atoms with E-state index in [0.29, 0.717) is 118 Å². The number of esters is 8. The Labute approximate surface area is 619 Å². The van der Waals surface area contributed by atoms with Gasteiger partial charge in [-0.3, -0.25) is 38.4 Å². The van der Waals surface area contributed by atoms with E-state index in [0.717, 1.165) is 154 Å². The highest BCUT2D eigenvalue weighted by molar-refractivity contribution is 6.07. The van der Waals surface area contributed by atoms with E-state index in [1.807, 2.05) is 0 Å². The summed E-state index contributed by atoms with van der Waals surface area (Å²) in [6.07, 6.45) is 24.6. The molecule has 0 aromatic carbocycles. The molecule has 2 N–H and O–H groups in total. The van der Waals surface area contributed by atoms with Crippen LogP contribution < -0.4 is 0 Å². The van der Waals surface area contributed by atoms with Gasteiger partial charge < -0.3 is 47.9 Å². The van der Waals surface area contributed by atoms with Gasteiger partial charge >= 0.3 is 47.8 Å². The third-order valence-electron chi connectivity index (χ3n) is 18.8. The minimum atomic E-state index is -0.589. The second-order valence-corrected chi connectivity index (χ2v) is 27.7. The van der Waals surface area contributed by atoms with Crippen LogP contribution in [0.15, 0.2) is 24.3 Å². The second kappa shape index (κ2) is 51.5. The number of unbranched alkanes of at least 4 members (excludes halogenated alkanes) is 24. The third kappa shape index (κ3) is 32.0. The van der Waals surface area contributed by atoms with Crippen LogP contribution in [0.2, 0.25) is 0 Å². The number of hydrogen-bond donors (Lipinski definition) is 2. The van der Waals surface area contributed by atoms with Crippen molar-refractivity contribution in [3.05, 3.63) is 69.3 Å². The first-order chi connectivity index (χ1) is 50.6. The van der Waals surface area contributed by atoms with Crippen molar-refractivity contribution in [1.29, 1.82) is 0 Å². The molecule has 3 aromatic heterocycles. The summed E-state index contributed by atoms with van der Waals surface area (Å²) in [5, 5.41) is 0. The summed E-state index contributed by atoms with van der Waals surface area (Å²) in [4.78, 5) is 134. The summed E-state index contributed by atoms with van der Waals surface area (Å²) in [7, 11) is 0. The number of ether oxygens (including phenoxy) is 8. The molecule has 104 heavy (non-hydrogen) atoms. The number of nitrogens with one attached hydrogen (secondary N) is 2. The van der Waals surface area contributed by atoms with E-state index in [4.69, 9.17) is 47.9 Å². The van der Waals surface area contributed by atoms with Crippen molar-refractivity contribution in [3.63, 3.8) is 0 Å². The molecule has 0 radical (unpaired) electrons. The maximum absolute atomic E-state index is 14.5. The Hall–Kier alpha value is -7.64. The number of aromatic nitrogens is 4. The molecule has 0 fully saturated rings. The molecule has 5 rings (SSSR count). The maximum atomic E-state index is 14.5. The first-order valence-electron chi connectivity index (χ1n) is 40.1. The van der Waals surface area contributed by atoms with Gasteiger partial charge in [0.05, 0.1) is 127 Å². The van der Waals surface area contributed by atoms with E-state index in [2.05, 4.69) is 65.4 Å². The lowest BCUT2D eigenvalue weighted by Crippen LogP contribution is -2.13. The lowest BCUT2D eigenvalue weighted by atomic mass is 9.96. The highest BCUT2D eigenvalue weighted by Gasteiger charge is 2.32. The quantitative estimate of drug-likeness (QED) is 0.0302. The number of nitrogens with zero attached hydrogens (tertiary/aromatic N) is 2. The van der Waals surface area contributed by atoms with Crippen molar-refractivity contribution in [2.75, 3.05) is 52.9 Å². The molecule has 0 saturated heterocycles. The minimum Gasteiger partial charge on any atom is -0.465 e. The van der Waals surface area contributed by atoms with Gasteiger partial charge in [0.25, 0.3) is 0 Å². The molecule has 2 aliphatic rings. The summed E-state index contributed by atoms with van der Waals surface area (Å²) >= 11 is 0. The number of carbonyl (C=O) groups is 8. The largest absolute Gasteiger partial charge is 0.465 e. The number of H-pyrrole nitrogens is 2. The predicted octanol–water partition coefficient (Wildman–Crippen LogP) is 18.9. The highest BCUT2D eigenvalue weighted by Crippen LogP contribution is 2.41. The first-order valence-corrected chi connectivity index (χ1v) is 40.1. The minimum absolute atomic E-state index is 0.150. The highest BCUT2D eigenvalue weighted by atomic mass is 16.6. The summed E-state index contributed by atoms with van der Waals surface area (Å²) in [5.74, 6) is -4.64. The molecule has 0 aliphatic carbocycles. The van der Waals surface area contributed by atoms with Crippen LogP contribution in [0.25, 0.3) is 44.4 Å². The Kier molecular flexibility index (Phi) is 43.1. The average Bonchev–Trinajstić information content (AvgIpc) is 1.61. The number of carbonyl (C=O) groups excluding carboxylic acids is 8. The van der Waals surface area contributed by atoms with E-state index in [1.165, 1.54) is 0 Å². The van der Waals surface area contributed by atoms with Crippen LogP contribution >= 0.6 is 0 Å². The van der Waals surface area contributed by atoms with Gasteiger partial charge in [-0.05, 0) is 120 Å². The van der Waals surface area contributed by atoms with Gasteiger partial charge in [-0.2, -0.15) is 0 Å². The van der Waals surface area contributed by atoms with E-state index >= 15 is 0 Å². The fourth-order valence-electron chi connectivity index (χ4n) is 12.8. The van der Waals surface area contributed by atoms with E-state index in [1.54, 1.807) is 24.3 Å². The molecule has 5 heterocycles. The van der Waals surface area contributed by atoms with Crippen LogP contribution in [-0.2, 0) is 102 Å². The lowest BCUT2D eigenvalue weighted by Gasteiger charge is -2.11. The molecule has 3 aromatic rings. The zero-order valence-corrected chi connectivity index (χ0v) is 64.7. The van der Waals surface area contributed by atoms with Gasteiger partial charge in [0.2, 0.25) is 0 Å². The summed E-state index contributed by atoms with van der Waals surface area (Å²) in [5.41, 5.74) is 4.62. The van der Waals surface area contributed by atoms with Crippen LogP contribution in [0.3, 0.4) is 0 Å². The number of fused-ring (bicyclic) bond motifs is 8. The zero-order chi connectivity index (χ0) is 75.1. The fraction of sp³-hybridized carbons (Fsp3) is 0.667. The topological polar surface area (TPSA) is 268 Å². The molecule has 0 amide bonds. The molecular weight excluding hydrogens is 1320 g/mol. The molecule has 20 nitrogen and oxygen atoms in total. The van der Waals surface area contributed by atoms with Gasteiger partial charge in [0.15, 0.2) is 0 Å². The molecule has 578 valence electrons. The predicted molar refractivity (Wildman–Crippen MR) is 409 cm³/mol. The molecule has 0 saturated carbocycles. The van der Waals surface area contributed by atoms with Crippen LogP contribution in [0.4, 0.5) is 0 Å². The van der Waals surface area contributed by atoms with Gasteiger partial charge in [-0.1, -0.05) is 209 Å². The van der Waals surface area contributed by atoms with Crippen molar-refractivity contribution in [2.24, 2.45) is 0 Å². The Morgan fingerprint density at radius 3 is 0.596 bits per heavy atom. The van der Waals surface area contributed by atoms with Crippen molar-refractivity contribution in [3.8, 4) is 0 Å². The van der Waals surface area contributed by atoms with E-state index in [9.17, 15) is 38.4 Å². The average molecular weight is 1450 g/mol. The van der Waals surface area contributed by atoms with Crippen molar-refractivity contribution in [1.82, 2.24) is 19.9 Å². The van der Waals surface area contributed by atoms with Gasteiger partial charge in [-0.15, -0.1) is 0 Å². The normalized spacial score (nSPS) is 12.0. The van der Waals surface area contributed by atoms with Crippen LogP contribution in [0.5, 0.6) is 0 Å². The zero-order valence-electron chi connectivity index (χ0n) is 64.7. The number of aromatic amines is 2. The summed E-state index contributed by atoms with van der Waals surface area (Å²) in [6, 6.07) is 6.73. The molecule has 0 atom stereocenters. The smallest absolute Gasteiger partial charge is 0.310 e. The number of rotatable bonds is 56. The van der Waals surface area contributed by atoms with Crippen LogP contribution in [0.1, 0.15) is 332 Å². The SMILES string of the molecule is CCCCCCOC(=O)CC1=C(CC(=O)OCCCCCC)c2cc3[nH]c(cc4[nH]c(cc5nc(cc1n2)C(CC(=O)OCCCCCC)=C5CC(=O)OCCCCCC)c(CC(=O)OCCCCCC)c4CC(=O)OCCCCCC)c(CC(=O)OCCCCCC)c3CC(=O)OCCCCCC. The number of hydrogen-bond acceptors (Lipinski definition) is 18. The fourth-order valence-corrected chi connectivity index (χ4v) is 12.8. The van der Waals surface area contributed by atoms with E-state index in [-0.39, 0.29) is 127 Å². The van der Waals surface area contributed by atoms with Crippen molar-refractivity contribution < 1.29 is 76.3 Å². The second-order valence-electron chi connectivity index (χ2n) is 27.7. The summed E-state index contributed by atoms with van der Waals surface area (Å²) < 4.78 is 47.8. The Morgan fingerprint density at radius 2 is 0.404 bits per heavy atom. The third-order valence-corrected chi connectivity index (χ3v) is 18.8. The summed E-state index contributed by atoms with van der Waals surface area (Å²) in [6.45, 7) is 18.0. The molecule has 8 bridgehead atoms. The maximum Gasteiger partial charge on any atom is 0.310 e. The van der Waals surface area contributed by atoms with Crippen LogP contribution in [0, 0.1) is 0 Å². The Bertz CT molecular complexity index is 3190. The van der Waals surface area contributed by atoms with Crippen LogP contribution in [-0.4, -0.2) is 121 Å². The standard InChI is InChI=1S/C84H126N4O16/c1-9-17-25-33-41-97-77(89)49-61-62(50-78(90)98-42-34-26-18-10-2)70-58-72-65(53-81(93)101-45-37-29-21-13-5)66(54-82(94)102-46-38-30-22-14-6)74(87-72)60-76-68(56-84(96)104-48-40-32-24-16-8)67(55-83(95)103-47-39-31-23-15-7)75(88-76)59-73-64(52-80(92)100-44-36-28-20-12-4)63(71(86-73)57-69(61)85-70)51-79(91)99-43-35-27-19-11-3/h57-60,85-86H,9-56H2,1-8H3. The Balaban J connectivity index is 2.07. The van der Waals surface area contributed by atoms with Crippen molar-refractivity contribution in [2.45, 2.75) is 312 Å². The van der Waals surface area contributed by atoms with Gasteiger partial charge in [0.1, 0.15) is 0 Å². The van der Waals surface area contributed by atoms with Gasteiger partial charge in [0, 0.05) is 22.1 Å². The molecule has 0 spiro atoms. The van der Waals surface area contributed by atoms with E-state index < -0.39 is 47.8 Å². The monoisotopic (exact) mass is 1450 g/mol.